The first kappa shape index (κ1) is 20.4. The molecule has 30 heavy (non-hydrogen) atoms. The normalized spacial score (nSPS) is 16.4. The third kappa shape index (κ3) is 3.44. The number of para-hydroxylation sites is 1. The highest BCUT2D eigenvalue weighted by molar-refractivity contribution is 5.97. The van der Waals surface area contributed by atoms with Crippen LogP contribution >= 0.6 is 0 Å². The molecule has 0 radical (unpaired) electrons. The van der Waals surface area contributed by atoms with Crippen molar-refractivity contribution in [2.24, 2.45) is 0 Å². The quantitative estimate of drug-likeness (QED) is 0.684. The highest BCUT2D eigenvalue weighted by Gasteiger charge is 2.29. The van der Waals surface area contributed by atoms with Crippen molar-refractivity contribution in [3.8, 4) is 5.75 Å². The molecule has 1 aliphatic heterocycles. The molecule has 4 rings (SSSR count). The van der Waals surface area contributed by atoms with Crippen molar-refractivity contribution in [2.75, 3.05) is 6.61 Å². The Hall–Kier alpha value is -2.89. The van der Waals surface area contributed by atoms with Crippen LogP contribution in [0.1, 0.15) is 85.9 Å². The average Bonchev–Trinajstić information content (AvgIpc) is 3.03. The zero-order valence-corrected chi connectivity index (χ0v) is 18.6. The molecular formula is C24H30N4O2. The summed E-state index contributed by atoms with van der Waals surface area (Å²) < 4.78 is 7.64. The van der Waals surface area contributed by atoms with E-state index in [4.69, 9.17) is 9.72 Å². The summed E-state index contributed by atoms with van der Waals surface area (Å²) in [5.41, 5.74) is 5.24. The third-order valence-corrected chi connectivity index (χ3v) is 5.66. The second-order valence-electron chi connectivity index (χ2n) is 9.36. The Labute approximate surface area is 177 Å². The fourth-order valence-corrected chi connectivity index (χ4v) is 4.45. The van der Waals surface area contributed by atoms with Gasteiger partial charge in [0.2, 0.25) is 0 Å². The van der Waals surface area contributed by atoms with E-state index in [1.165, 1.54) is 0 Å². The van der Waals surface area contributed by atoms with Gasteiger partial charge in [-0.25, -0.2) is 9.50 Å². The summed E-state index contributed by atoms with van der Waals surface area (Å²) in [5.74, 6) is 0.853. The number of carbonyl (C=O) groups is 1. The van der Waals surface area contributed by atoms with Crippen LogP contribution in [0.5, 0.6) is 5.75 Å². The van der Waals surface area contributed by atoms with Crippen LogP contribution in [0, 0.1) is 6.92 Å². The van der Waals surface area contributed by atoms with E-state index in [9.17, 15) is 4.79 Å². The van der Waals surface area contributed by atoms with Gasteiger partial charge >= 0.3 is 0 Å². The number of nitrogens with zero attached hydrogens (tertiary/aromatic N) is 3. The number of rotatable bonds is 3. The Morgan fingerprint density at radius 1 is 1.27 bits per heavy atom. The molecule has 3 aromatic rings. The van der Waals surface area contributed by atoms with E-state index in [1.807, 2.05) is 35.7 Å². The minimum absolute atomic E-state index is 0.0784. The fraction of sp³-hybridized carbons (Fsp3) is 0.458. The number of nitrogens with one attached hydrogen (secondary N) is 1. The minimum Gasteiger partial charge on any atom is -0.493 e. The van der Waals surface area contributed by atoms with Crippen molar-refractivity contribution in [3.63, 3.8) is 0 Å². The van der Waals surface area contributed by atoms with E-state index in [0.29, 0.717) is 12.2 Å². The number of hydrogen-bond acceptors (Lipinski definition) is 4. The highest BCUT2D eigenvalue weighted by atomic mass is 16.5. The van der Waals surface area contributed by atoms with E-state index in [1.54, 1.807) is 6.20 Å². The summed E-state index contributed by atoms with van der Waals surface area (Å²) in [4.78, 5) is 18.2. The number of fused-ring (bicyclic) bond motifs is 2. The van der Waals surface area contributed by atoms with Crippen LogP contribution in [0.25, 0.3) is 5.65 Å². The van der Waals surface area contributed by atoms with E-state index in [0.717, 1.165) is 40.3 Å². The predicted octanol–water partition coefficient (Wildman–Crippen LogP) is 4.71. The molecule has 158 valence electrons. The Balaban J connectivity index is 1.76. The van der Waals surface area contributed by atoms with E-state index < -0.39 is 0 Å². The molecule has 1 amide bonds. The molecule has 1 atom stereocenters. The number of amides is 1. The van der Waals surface area contributed by atoms with Crippen LogP contribution in [0.4, 0.5) is 0 Å². The lowest BCUT2D eigenvalue weighted by Gasteiger charge is -2.27. The van der Waals surface area contributed by atoms with Gasteiger partial charge in [0.25, 0.3) is 5.91 Å². The fourth-order valence-electron chi connectivity index (χ4n) is 4.45. The lowest BCUT2D eigenvalue weighted by Crippen LogP contribution is -2.33. The SMILES string of the molecule is Cc1nc2c(C(C)C)c(C(=O)N[C@H]3CCOc4ccccc43)cnn2c1C(C)(C)C. The summed E-state index contributed by atoms with van der Waals surface area (Å²) in [6.07, 6.45) is 2.44. The molecule has 1 aromatic carbocycles. The Morgan fingerprint density at radius 2 is 2.00 bits per heavy atom. The second-order valence-corrected chi connectivity index (χ2v) is 9.36. The maximum Gasteiger partial charge on any atom is 0.253 e. The predicted molar refractivity (Wildman–Crippen MR) is 117 cm³/mol. The van der Waals surface area contributed by atoms with Crippen LogP contribution in [0.2, 0.25) is 0 Å². The van der Waals surface area contributed by atoms with Gasteiger partial charge in [0.1, 0.15) is 5.75 Å². The van der Waals surface area contributed by atoms with Crippen LogP contribution in [-0.4, -0.2) is 27.1 Å². The number of aromatic nitrogens is 3. The zero-order chi connectivity index (χ0) is 21.6. The number of benzene rings is 1. The third-order valence-electron chi connectivity index (χ3n) is 5.66. The van der Waals surface area contributed by atoms with Crippen molar-refractivity contribution in [1.29, 1.82) is 0 Å². The highest BCUT2D eigenvalue weighted by Crippen LogP contribution is 2.33. The number of hydrogen-bond donors (Lipinski definition) is 1. The van der Waals surface area contributed by atoms with Crippen molar-refractivity contribution < 1.29 is 9.53 Å². The molecule has 0 spiro atoms. The monoisotopic (exact) mass is 406 g/mol. The molecule has 0 bridgehead atoms. The van der Waals surface area contributed by atoms with Crippen LogP contribution in [-0.2, 0) is 5.41 Å². The van der Waals surface area contributed by atoms with Gasteiger partial charge in [0.15, 0.2) is 5.65 Å². The van der Waals surface area contributed by atoms with E-state index >= 15 is 0 Å². The maximum absolute atomic E-state index is 13.4. The van der Waals surface area contributed by atoms with Gasteiger partial charge in [-0.15, -0.1) is 0 Å². The summed E-state index contributed by atoms with van der Waals surface area (Å²) in [5, 5.41) is 7.85. The molecule has 6 heteroatoms. The standard InChI is InChI=1S/C24H30N4O2/c1-14(2)20-17(13-25-28-21(24(4,5)6)15(3)26-22(20)28)23(29)27-18-11-12-30-19-10-8-7-9-16(18)19/h7-10,13-14,18H,11-12H2,1-6H3,(H,27,29)/t18-/m0/s1. The Morgan fingerprint density at radius 3 is 2.70 bits per heavy atom. The van der Waals surface area contributed by atoms with Crippen molar-refractivity contribution in [2.45, 2.75) is 65.3 Å². The van der Waals surface area contributed by atoms with Gasteiger partial charge in [0.05, 0.1) is 35.8 Å². The van der Waals surface area contributed by atoms with Gasteiger partial charge < -0.3 is 10.1 Å². The average molecular weight is 407 g/mol. The molecule has 0 fully saturated rings. The van der Waals surface area contributed by atoms with E-state index in [-0.39, 0.29) is 23.3 Å². The molecule has 1 N–H and O–H groups in total. The van der Waals surface area contributed by atoms with Gasteiger partial charge in [0, 0.05) is 23.0 Å². The number of carbonyl (C=O) groups excluding carboxylic acids is 1. The van der Waals surface area contributed by atoms with Gasteiger partial charge in [-0.1, -0.05) is 52.8 Å². The molecular weight excluding hydrogens is 376 g/mol. The molecule has 1 aliphatic rings. The van der Waals surface area contributed by atoms with Crippen molar-refractivity contribution >= 4 is 11.6 Å². The van der Waals surface area contributed by atoms with Crippen molar-refractivity contribution in [3.05, 3.63) is 58.5 Å². The zero-order valence-electron chi connectivity index (χ0n) is 18.6. The lowest BCUT2D eigenvalue weighted by atomic mass is 9.91. The first-order valence-electron chi connectivity index (χ1n) is 10.6. The number of imidazole rings is 1. The Bertz CT molecular complexity index is 1110. The smallest absolute Gasteiger partial charge is 0.253 e. The first-order chi connectivity index (χ1) is 14.2. The molecule has 0 unspecified atom stereocenters. The maximum atomic E-state index is 13.4. The van der Waals surface area contributed by atoms with Crippen molar-refractivity contribution in [1.82, 2.24) is 19.9 Å². The molecule has 0 aliphatic carbocycles. The van der Waals surface area contributed by atoms with E-state index in [2.05, 4.69) is 45.0 Å². The van der Waals surface area contributed by atoms with Gasteiger partial charge in [-0.05, 0) is 18.9 Å². The molecule has 2 aromatic heterocycles. The largest absolute Gasteiger partial charge is 0.493 e. The van der Waals surface area contributed by atoms with Crippen LogP contribution < -0.4 is 10.1 Å². The van der Waals surface area contributed by atoms with Crippen LogP contribution in [0.3, 0.4) is 0 Å². The summed E-state index contributed by atoms with van der Waals surface area (Å²) in [7, 11) is 0. The lowest BCUT2D eigenvalue weighted by molar-refractivity contribution is 0.0923. The Kier molecular flexibility index (Phi) is 5.04. The van der Waals surface area contributed by atoms with Crippen LogP contribution in [0.15, 0.2) is 30.5 Å². The number of ether oxygens (including phenoxy) is 1. The molecule has 0 saturated carbocycles. The summed E-state index contributed by atoms with van der Waals surface area (Å²) in [6.45, 7) is 13.3. The topological polar surface area (TPSA) is 68.5 Å². The van der Waals surface area contributed by atoms with Gasteiger partial charge in [-0.2, -0.15) is 5.10 Å². The number of aryl methyl sites for hydroxylation is 1. The molecule has 0 saturated heterocycles. The summed E-state index contributed by atoms with van der Waals surface area (Å²) in [6, 6.07) is 7.80. The molecule has 3 heterocycles. The summed E-state index contributed by atoms with van der Waals surface area (Å²) >= 11 is 0. The minimum atomic E-state index is -0.117. The van der Waals surface area contributed by atoms with Gasteiger partial charge in [-0.3, -0.25) is 4.79 Å². The molecule has 6 nitrogen and oxygen atoms in total. The first-order valence-corrected chi connectivity index (χ1v) is 10.6. The second kappa shape index (κ2) is 7.42.